The van der Waals surface area contributed by atoms with Crippen LogP contribution in [0.4, 0.5) is 0 Å². The van der Waals surface area contributed by atoms with Crippen molar-refractivity contribution >= 4 is 21.8 Å². The number of hydrogen-bond acceptors (Lipinski definition) is 2. The molecule has 1 rings (SSSR count). The van der Waals surface area contributed by atoms with Gasteiger partial charge in [-0.15, -0.1) is 0 Å². The van der Waals surface area contributed by atoms with Crippen molar-refractivity contribution < 1.29 is 9.53 Å². The molecule has 3 nitrogen and oxygen atoms in total. The van der Waals surface area contributed by atoms with E-state index < -0.39 is 4.32 Å². The van der Waals surface area contributed by atoms with E-state index in [1.54, 1.807) is 4.90 Å². The average molecular weight is 278 g/mol. The van der Waals surface area contributed by atoms with Crippen LogP contribution in [0.1, 0.15) is 33.1 Å². The number of amides is 1. The molecule has 0 aromatic rings. The highest BCUT2D eigenvalue weighted by atomic mass is 79.9. The molecule has 1 aliphatic heterocycles. The summed E-state index contributed by atoms with van der Waals surface area (Å²) in [6.07, 6.45) is 3.66. The number of carbonyl (C=O) groups excluding carboxylic acids is 1. The lowest BCUT2D eigenvalue weighted by Crippen LogP contribution is -2.43. The number of rotatable bonds is 3. The Hall–Kier alpha value is -0.0900. The van der Waals surface area contributed by atoms with Crippen molar-refractivity contribution in [3.8, 4) is 0 Å². The lowest BCUT2D eigenvalue weighted by atomic mass is 10.1. The highest BCUT2D eigenvalue weighted by Crippen LogP contribution is 2.20. The standard InChI is InChI=1S/C11H20BrNO2/c1-11(2,12)10(14)13(3)8-9-6-4-5-7-15-9/h9H,4-8H2,1-3H3. The summed E-state index contributed by atoms with van der Waals surface area (Å²) in [6, 6.07) is 0. The number of alkyl halides is 1. The van der Waals surface area contributed by atoms with Crippen molar-refractivity contribution in [3.05, 3.63) is 0 Å². The second-order valence-electron chi connectivity index (χ2n) is 4.65. The van der Waals surface area contributed by atoms with Crippen molar-refractivity contribution in [2.24, 2.45) is 0 Å². The van der Waals surface area contributed by atoms with Gasteiger partial charge >= 0.3 is 0 Å². The van der Waals surface area contributed by atoms with Gasteiger partial charge < -0.3 is 9.64 Å². The molecule has 0 aromatic carbocycles. The molecule has 15 heavy (non-hydrogen) atoms. The minimum absolute atomic E-state index is 0.108. The monoisotopic (exact) mass is 277 g/mol. The fraction of sp³-hybridized carbons (Fsp3) is 0.909. The van der Waals surface area contributed by atoms with Gasteiger partial charge in [0.05, 0.1) is 10.4 Å². The molecule has 1 amide bonds. The van der Waals surface area contributed by atoms with Crippen LogP contribution in [0.25, 0.3) is 0 Å². The first-order valence-electron chi connectivity index (χ1n) is 5.47. The fourth-order valence-electron chi connectivity index (χ4n) is 1.79. The van der Waals surface area contributed by atoms with E-state index in [2.05, 4.69) is 15.9 Å². The van der Waals surface area contributed by atoms with Crippen LogP contribution < -0.4 is 0 Å². The van der Waals surface area contributed by atoms with Crippen LogP contribution >= 0.6 is 15.9 Å². The molecule has 1 saturated heterocycles. The van der Waals surface area contributed by atoms with Crippen molar-refractivity contribution in [2.75, 3.05) is 20.2 Å². The third-order valence-electron chi connectivity index (χ3n) is 2.61. The van der Waals surface area contributed by atoms with Crippen molar-refractivity contribution in [1.82, 2.24) is 4.90 Å². The predicted octanol–water partition coefficient (Wildman–Crippen LogP) is 2.19. The minimum atomic E-state index is -0.476. The van der Waals surface area contributed by atoms with Crippen LogP contribution in [0.2, 0.25) is 0 Å². The number of hydrogen-bond donors (Lipinski definition) is 0. The second-order valence-corrected chi connectivity index (χ2v) is 6.63. The molecular formula is C11H20BrNO2. The molecule has 1 heterocycles. The molecule has 0 aromatic heterocycles. The third kappa shape index (κ3) is 4.11. The smallest absolute Gasteiger partial charge is 0.238 e. The third-order valence-corrected chi connectivity index (χ3v) is 2.95. The molecule has 0 N–H and O–H groups in total. The summed E-state index contributed by atoms with van der Waals surface area (Å²) in [7, 11) is 1.84. The molecule has 0 radical (unpaired) electrons. The molecule has 4 heteroatoms. The quantitative estimate of drug-likeness (QED) is 0.741. The summed E-state index contributed by atoms with van der Waals surface area (Å²) >= 11 is 3.38. The Morgan fingerprint density at radius 3 is 2.67 bits per heavy atom. The summed E-state index contributed by atoms with van der Waals surface area (Å²) < 4.78 is 5.13. The number of carbonyl (C=O) groups is 1. The SMILES string of the molecule is CN(CC1CCCCO1)C(=O)C(C)(C)Br. The van der Waals surface area contributed by atoms with Gasteiger partial charge in [0.15, 0.2) is 0 Å². The van der Waals surface area contributed by atoms with Gasteiger partial charge in [0, 0.05) is 20.2 Å². The van der Waals surface area contributed by atoms with Crippen molar-refractivity contribution in [2.45, 2.75) is 43.5 Å². The summed E-state index contributed by atoms with van der Waals surface area (Å²) in [6.45, 7) is 5.28. The van der Waals surface area contributed by atoms with Gasteiger partial charge in [-0.25, -0.2) is 0 Å². The summed E-state index contributed by atoms with van der Waals surface area (Å²) in [5.41, 5.74) is 0. The minimum Gasteiger partial charge on any atom is -0.376 e. The summed E-state index contributed by atoms with van der Waals surface area (Å²) in [4.78, 5) is 13.6. The van der Waals surface area contributed by atoms with Crippen LogP contribution in [0, 0.1) is 0 Å². The van der Waals surface area contributed by atoms with Gasteiger partial charge in [0.25, 0.3) is 0 Å². The van der Waals surface area contributed by atoms with E-state index in [0.717, 1.165) is 19.4 Å². The largest absolute Gasteiger partial charge is 0.376 e. The van der Waals surface area contributed by atoms with Gasteiger partial charge in [0.1, 0.15) is 0 Å². The Morgan fingerprint density at radius 2 is 2.20 bits per heavy atom. The van der Waals surface area contributed by atoms with E-state index in [1.165, 1.54) is 6.42 Å². The molecule has 0 spiro atoms. The Morgan fingerprint density at radius 1 is 1.53 bits per heavy atom. The highest BCUT2D eigenvalue weighted by Gasteiger charge is 2.28. The zero-order valence-corrected chi connectivity index (χ0v) is 11.3. The van der Waals surface area contributed by atoms with Gasteiger partial charge in [0.2, 0.25) is 5.91 Å². The maximum atomic E-state index is 11.9. The Kier molecular flexibility index (Phi) is 4.59. The number of halogens is 1. The molecule has 0 aliphatic carbocycles. The molecule has 1 fully saturated rings. The lowest BCUT2D eigenvalue weighted by molar-refractivity contribution is -0.133. The van der Waals surface area contributed by atoms with E-state index in [0.29, 0.717) is 6.54 Å². The topological polar surface area (TPSA) is 29.5 Å². The predicted molar refractivity (Wildman–Crippen MR) is 64.2 cm³/mol. The van der Waals surface area contributed by atoms with Gasteiger partial charge in [-0.2, -0.15) is 0 Å². The first kappa shape index (κ1) is 13.0. The Balaban J connectivity index is 2.40. The molecular weight excluding hydrogens is 258 g/mol. The molecule has 1 unspecified atom stereocenters. The zero-order valence-electron chi connectivity index (χ0n) is 9.75. The van der Waals surface area contributed by atoms with E-state index in [1.807, 2.05) is 20.9 Å². The van der Waals surface area contributed by atoms with E-state index in [4.69, 9.17) is 4.74 Å². The number of likely N-dealkylation sites (N-methyl/N-ethyl adjacent to an activating group) is 1. The Bertz CT molecular complexity index is 219. The fourth-order valence-corrected chi connectivity index (χ4v) is 2.10. The first-order valence-corrected chi connectivity index (χ1v) is 6.26. The maximum absolute atomic E-state index is 11.9. The van der Waals surface area contributed by atoms with E-state index in [9.17, 15) is 4.79 Å². The van der Waals surface area contributed by atoms with Crippen molar-refractivity contribution in [3.63, 3.8) is 0 Å². The molecule has 88 valence electrons. The Labute approximate surface area is 100 Å². The normalized spacial score (nSPS) is 22.5. The van der Waals surface area contributed by atoms with Gasteiger partial charge in [-0.1, -0.05) is 15.9 Å². The highest BCUT2D eigenvalue weighted by molar-refractivity contribution is 9.10. The van der Waals surface area contributed by atoms with E-state index >= 15 is 0 Å². The zero-order chi connectivity index (χ0) is 11.5. The first-order chi connectivity index (χ1) is 6.91. The summed E-state index contributed by atoms with van der Waals surface area (Å²) in [5.74, 6) is 0.108. The van der Waals surface area contributed by atoms with Crippen LogP contribution in [0.15, 0.2) is 0 Å². The van der Waals surface area contributed by atoms with Gasteiger partial charge in [-0.3, -0.25) is 4.79 Å². The van der Waals surface area contributed by atoms with Crippen LogP contribution in [0.5, 0.6) is 0 Å². The van der Waals surface area contributed by atoms with Gasteiger partial charge in [-0.05, 0) is 33.1 Å². The lowest BCUT2D eigenvalue weighted by Gasteiger charge is -2.30. The molecule has 0 saturated carbocycles. The number of nitrogens with zero attached hydrogens (tertiary/aromatic N) is 1. The van der Waals surface area contributed by atoms with Crippen molar-refractivity contribution in [1.29, 1.82) is 0 Å². The molecule has 0 bridgehead atoms. The summed E-state index contributed by atoms with van der Waals surface area (Å²) in [5, 5.41) is 0. The average Bonchev–Trinajstić information content (AvgIpc) is 2.16. The van der Waals surface area contributed by atoms with E-state index in [-0.39, 0.29) is 12.0 Å². The van der Waals surface area contributed by atoms with Crippen LogP contribution in [-0.2, 0) is 9.53 Å². The van der Waals surface area contributed by atoms with Crippen LogP contribution in [0.3, 0.4) is 0 Å². The second kappa shape index (κ2) is 5.30. The molecule has 1 aliphatic rings. The van der Waals surface area contributed by atoms with Crippen LogP contribution in [-0.4, -0.2) is 41.4 Å². The maximum Gasteiger partial charge on any atom is 0.238 e. The number of ether oxygens (including phenoxy) is 1. The molecule has 1 atom stereocenters.